The summed E-state index contributed by atoms with van der Waals surface area (Å²) in [7, 11) is 1.50. The molecule has 6 nitrogen and oxygen atoms in total. The summed E-state index contributed by atoms with van der Waals surface area (Å²) in [5.74, 6) is -0.493. The molecule has 1 atom stereocenters. The van der Waals surface area contributed by atoms with Gasteiger partial charge in [0, 0.05) is 22.6 Å². The van der Waals surface area contributed by atoms with Crippen molar-refractivity contribution in [3.63, 3.8) is 0 Å². The first kappa shape index (κ1) is 23.3. The third-order valence-corrected chi connectivity index (χ3v) is 6.38. The second-order valence-electron chi connectivity index (χ2n) is 8.51. The van der Waals surface area contributed by atoms with Gasteiger partial charge in [-0.25, -0.2) is 13.2 Å². The molecule has 0 saturated heterocycles. The van der Waals surface area contributed by atoms with Crippen molar-refractivity contribution in [1.29, 1.82) is 0 Å². The van der Waals surface area contributed by atoms with Gasteiger partial charge in [-0.2, -0.15) is 10.2 Å². The van der Waals surface area contributed by atoms with Crippen LogP contribution in [0.2, 0.25) is 0 Å². The molecular weight excluding hydrogens is 435 g/mol. The number of nitrogens with one attached hydrogen (secondary N) is 1. The highest BCUT2D eigenvalue weighted by Gasteiger charge is 2.37. The minimum Gasteiger partial charge on any atom is -0.496 e. The summed E-state index contributed by atoms with van der Waals surface area (Å²) < 4.78 is 46.4. The van der Waals surface area contributed by atoms with E-state index >= 15 is 0 Å². The van der Waals surface area contributed by atoms with Gasteiger partial charge in [0.25, 0.3) is 6.43 Å². The largest absolute Gasteiger partial charge is 0.496 e. The fourth-order valence-electron chi connectivity index (χ4n) is 4.47. The SMILES string of the molecule is COc1cc2nncc(N[C@H](C)c3cccc(C(F)F)c3F)c2cc1C1(O)CCC(O)CC1. The van der Waals surface area contributed by atoms with Crippen LogP contribution in [0.15, 0.2) is 36.5 Å². The zero-order valence-electron chi connectivity index (χ0n) is 18.4. The number of methoxy groups -OCH3 is 1. The molecule has 1 aliphatic rings. The number of hydrogen-bond acceptors (Lipinski definition) is 6. The summed E-state index contributed by atoms with van der Waals surface area (Å²) in [5, 5.41) is 33.1. The predicted octanol–water partition coefficient (Wildman–Crippen LogP) is 5.01. The van der Waals surface area contributed by atoms with E-state index in [1.54, 1.807) is 19.1 Å². The van der Waals surface area contributed by atoms with Gasteiger partial charge in [0.1, 0.15) is 11.6 Å². The maximum Gasteiger partial charge on any atom is 0.266 e. The monoisotopic (exact) mass is 461 g/mol. The van der Waals surface area contributed by atoms with E-state index in [0.29, 0.717) is 53.6 Å². The highest BCUT2D eigenvalue weighted by Crippen LogP contribution is 2.43. The van der Waals surface area contributed by atoms with E-state index < -0.39 is 35.6 Å². The van der Waals surface area contributed by atoms with Crippen LogP contribution < -0.4 is 10.1 Å². The summed E-state index contributed by atoms with van der Waals surface area (Å²) in [4.78, 5) is 0. The molecule has 4 rings (SSSR count). The Hall–Kier alpha value is -2.91. The van der Waals surface area contributed by atoms with Gasteiger partial charge in [0.2, 0.25) is 0 Å². The molecule has 0 spiro atoms. The van der Waals surface area contributed by atoms with Crippen molar-refractivity contribution in [2.75, 3.05) is 12.4 Å². The van der Waals surface area contributed by atoms with Gasteiger partial charge in [-0.1, -0.05) is 18.2 Å². The number of anilines is 1. The normalized spacial score (nSPS) is 21.9. The Morgan fingerprint density at radius 1 is 1.18 bits per heavy atom. The fraction of sp³-hybridized carbons (Fsp3) is 0.417. The van der Waals surface area contributed by atoms with Crippen LogP contribution in [0.3, 0.4) is 0 Å². The van der Waals surface area contributed by atoms with Gasteiger partial charge < -0.3 is 20.3 Å². The topological polar surface area (TPSA) is 87.5 Å². The van der Waals surface area contributed by atoms with Gasteiger partial charge >= 0.3 is 0 Å². The molecule has 33 heavy (non-hydrogen) atoms. The van der Waals surface area contributed by atoms with Gasteiger partial charge in [-0.15, -0.1) is 0 Å². The second-order valence-corrected chi connectivity index (χ2v) is 8.51. The zero-order valence-corrected chi connectivity index (χ0v) is 18.4. The number of halogens is 3. The molecule has 1 aromatic heterocycles. The molecule has 0 aliphatic heterocycles. The van der Waals surface area contributed by atoms with Crippen molar-refractivity contribution >= 4 is 16.6 Å². The number of aliphatic hydroxyl groups excluding tert-OH is 1. The smallest absolute Gasteiger partial charge is 0.266 e. The zero-order chi connectivity index (χ0) is 23.8. The number of hydrogen-bond donors (Lipinski definition) is 3. The van der Waals surface area contributed by atoms with Gasteiger partial charge in [0.15, 0.2) is 0 Å². The van der Waals surface area contributed by atoms with E-state index in [2.05, 4.69) is 15.5 Å². The third-order valence-electron chi connectivity index (χ3n) is 6.38. The number of benzene rings is 2. The molecule has 1 fully saturated rings. The number of alkyl halides is 2. The lowest BCUT2D eigenvalue weighted by Gasteiger charge is -2.35. The van der Waals surface area contributed by atoms with Crippen molar-refractivity contribution < 1.29 is 28.1 Å². The van der Waals surface area contributed by atoms with Crippen molar-refractivity contribution in [2.24, 2.45) is 0 Å². The molecule has 9 heteroatoms. The Morgan fingerprint density at radius 2 is 1.88 bits per heavy atom. The predicted molar refractivity (Wildman–Crippen MR) is 118 cm³/mol. The average Bonchev–Trinajstić information content (AvgIpc) is 2.80. The molecule has 0 bridgehead atoms. The van der Waals surface area contributed by atoms with E-state index in [-0.39, 0.29) is 5.56 Å². The quantitative estimate of drug-likeness (QED) is 0.478. The number of rotatable bonds is 6. The average molecular weight is 461 g/mol. The maximum absolute atomic E-state index is 14.7. The molecule has 176 valence electrons. The Balaban J connectivity index is 1.74. The summed E-state index contributed by atoms with van der Waals surface area (Å²) in [6.07, 6.45) is -0.204. The van der Waals surface area contributed by atoms with E-state index in [1.165, 1.54) is 25.4 Å². The number of fused-ring (bicyclic) bond motifs is 1. The van der Waals surface area contributed by atoms with E-state index in [0.717, 1.165) is 6.07 Å². The van der Waals surface area contributed by atoms with Crippen molar-refractivity contribution in [3.8, 4) is 5.75 Å². The molecule has 1 heterocycles. The van der Waals surface area contributed by atoms with Crippen molar-refractivity contribution in [2.45, 2.75) is 56.8 Å². The first-order valence-corrected chi connectivity index (χ1v) is 10.8. The van der Waals surface area contributed by atoms with Crippen LogP contribution in [0.1, 0.15) is 61.8 Å². The minimum atomic E-state index is -2.91. The summed E-state index contributed by atoms with van der Waals surface area (Å²) >= 11 is 0. The van der Waals surface area contributed by atoms with Crippen molar-refractivity contribution in [1.82, 2.24) is 10.2 Å². The Kier molecular flexibility index (Phi) is 6.45. The van der Waals surface area contributed by atoms with E-state index in [4.69, 9.17) is 4.74 Å². The van der Waals surface area contributed by atoms with E-state index in [9.17, 15) is 23.4 Å². The first-order chi connectivity index (χ1) is 15.7. The molecule has 0 amide bonds. The van der Waals surface area contributed by atoms with Crippen LogP contribution in [-0.4, -0.2) is 33.6 Å². The van der Waals surface area contributed by atoms with Gasteiger partial charge in [0.05, 0.1) is 47.8 Å². The molecule has 0 radical (unpaired) electrons. The molecule has 3 N–H and O–H groups in total. The molecule has 3 aromatic rings. The Bertz CT molecular complexity index is 1150. The lowest BCUT2D eigenvalue weighted by atomic mass is 9.78. The summed E-state index contributed by atoms with van der Waals surface area (Å²) in [5.41, 5.74) is -0.146. The third kappa shape index (κ3) is 4.47. The summed E-state index contributed by atoms with van der Waals surface area (Å²) in [6.45, 7) is 1.67. The Morgan fingerprint density at radius 3 is 2.55 bits per heavy atom. The van der Waals surface area contributed by atoms with Crippen LogP contribution in [0.4, 0.5) is 18.9 Å². The van der Waals surface area contributed by atoms with Gasteiger partial charge in [-0.3, -0.25) is 0 Å². The van der Waals surface area contributed by atoms with Crippen LogP contribution in [0, 0.1) is 5.82 Å². The molecule has 0 unspecified atom stereocenters. The minimum absolute atomic E-state index is 0.103. The standard InChI is InChI=1S/C24H26F3N3O3/c1-13(15-4-3-5-16(22(15)25)23(26)27)29-20-12-28-30-19-11-21(33-2)18(10-17(19)20)24(32)8-6-14(31)7-9-24/h3-5,10-14,23,31-32H,6-9H2,1-2H3,(H,29,30)/t13-,14?,24?/m1/s1. The number of ether oxygens (including phenoxy) is 1. The lowest BCUT2D eigenvalue weighted by Crippen LogP contribution is -2.33. The second kappa shape index (κ2) is 9.15. The summed E-state index contributed by atoms with van der Waals surface area (Å²) in [6, 6.07) is 6.72. The highest BCUT2D eigenvalue weighted by molar-refractivity contribution is 5.92. The van der Waals surface area contributed by atoms with E-state index in [1.807, 2.05) is 0 Å². The number of nitrogens with zero attached hydrogens (tertiary/aromatic N) is 2. The van der Waals surface area contributed by atoms with Crippen LogP contribution >= 0.6 is 0 Å². The number of aromatic nitrogens is 2. The highest BCUT2D eigenvalue weighted by atomic mass is 19.3. The molecule has 1 saturated carbocycles. The Labute approximate surface area is 189 Å². The fourth-order valence-corrected chi connectivity index (χ4v) is 4.47. The molecule has 2 aromatic carbocycles. The number of aliphatic hydroxyl groups is 2. The van der Waals surface area contributed by atoms with Crippen LogP contribution in [0.5, 0.6) is 5.75 Å². The molecule has 1 aliphatic carbocycles. The van der Waals surface area contributed by atoms with Crippen LogP contribution in [-0.2, 0) is 5.60 Å². The van der Waals surface area contributed by atoms with Crippen molar-refractivity contribution in [3.05, 3.63) is 59.0 Å². The van der Waals surface area contributed by atoms with Gasteiger partial charge in [-0.05, 0) is 38.7 Å². The lowest BCUT2D eigenvalue weighted by molar-refractivity contribution is -0.0373. The van der Waals surface area contributed by atoms with Crippen LogP contribution in [0.25, 0.3) is 10.9 Å². The first-order valence-electron chi connectivity index (χ1n) is 10.8. The maximum atomic E-state index is 14.7. The molecular formula is C24H26F3N3O3.